The lowest BCUT2D eigenvalue weighted by Gasteiger charge is -2.25. The fourth-order valence-corrected chi connectivity index (χ4v) is 3.78. The Morgan fingerprint density at radius 2 is 2.19 bits per heavy atom. The molecule has 26 heavy (non-hydrogen) atoms. The lowest BCUT2D eigenvalue weighted by atomic mass is 9.99. The molecule has 0 unspecified atom stereocenters. The maximum Gasteiger partial charge on any atom is 0.229 e. The van der Waals surface area contributed by atoms with Crippen LogP contribution in [0.2, 0.25) is 0 Å². The van der Waals surface area contributed by atoms with Crippen molar-refractivity contribution in [1.29, 1.82) is 0 Å². The van der Waals surface area contributed by atoms with E-state index in [0.29, 0.717) is 12.6 Å². The molecule has 0 radical (unpaired) electrons. The van der Waals surface area contributed by atoms with Gasteiger partial charge in [-0.2, -0.15) is 10.1 Å². The van der Waals surface area contributed by atoms with E-state index in [1.54, 1.807) is 0 Å². The van der Waals surface area contributed by atoms with E-state index in [1.807, 2.05) is 17.1 Å². The van der Waals surface area contributed by atoms with Crippen LogP contribution >= 0.6 is 0 Å². The normalized spacial score (nSPS) is 20.4. The molecule has 1 fully saturated rings. The molecule has 1 atom stereocenters. The van der Waals surface area contributed by atoms with Crippen LogP contribution in [0.15, 0.2) is 30.6 Å². The third-order valence-corrected chi connectivity index (χ3v) is 5.25. The van der Waals surface area contributed by atoms with Crippen LogP contribution in [-0.2, 0) is 17.7 Å². The molecule has 0 bridgehead atoms. The number of ether oxygens (including phenoxy) is 1. The molecular weight excluding hydrogens is 328 g/mol. The summed E-state index contributed by atoms with van der Waals surface area (Å²) >= 11 is 0. The van der Waals surface area contributed by atoms with Crippen molar-refractivity contribution in [2.75, 3.05) is 32.1 Å². The summed E-state index contributed by atoms with van der Waals surface area (Å²) in [6.07, 6.45) is 5.74. The Kier molecular flexibility index (Phi) is 3.83. The number of nitrogens with one attached hydrogen (secondary N) is 1. The monoisotopic (exact) mass is 350 g/mol. The first kappa shape index (κ1) is 15.7. The van der Waals surface area contributed by atoms with Gasteiger partial charge in [-0.25, -0.2) is 9.67 Å². The van der Waals surface area contributed by atoms with Gasteiger partial charge < -0.3 is 15.0 Å². The largest absolute Gasteiger partial charge is 0.379 e. The Morgan fingerprint density at radius 1 is 1.23 bits per heavy atom. The summed E-state index contributed by atoms with van der Waals surface area (Å²) in [5, 5.41) is 8.80. The highest BCUT2D eigenvalue weighted by atomic mass is 16.5. The molecule has 2 aromatic heterocycles. The van der Waals surface area contributed by atoms with Gasteiger partial charge in [0.25, 0.3) is 0 Å². The van der Waals surface area contributed by atoms with Crippen LogP contribution in [0.4, 0.5) is 11.6 Å². The van der Waals surface area contributed by atoms with Gasteiger partial charge in [0.05, 0.1) is 24.2 Å². The van der Waals surface area contributed by atoms with E-state index in [1.165, 1.54) is 11.1 Å². The van der Waals surface area contributed by atoms with Crippen LogP contribution < -0.4 is 5.32 Å². The second-order valence-electron chi connectivity index (χ2n) is 7.18. The molecule has 2 aliphatic rings. The topological polar surface area (TPSA) is 68.1 Å². The molecule has 0 amide bonds. The van der Waals surface area contributed by atoms with Crippen LogP contribution in [0, 0.1) is 0 Å². The van der Waals surface area contributed by atoms with Crippen molar-refractivity contribution in [2.45, 2.75) is 25.4 Å². The van der Waals surface area contributed by atoms with Gasteiger partial charge in [0, 0.05) is 31.6 Å². The number of aromatic nitrogens is 4. The minimum Gasteiger partial charge on any atom is -0.379 e. The highest BCUT2D eigenvalue weighted by Crippen LogP contribution is 2.25. The molecule has 7 heteroatoms. The first-order valence-corrected chi connectivity index (χ1v) is 9.12. The van der Waals surface area contributed by atoms with Crippen LogP contribution in [0.25, 0.3) is 11.0 Å². The Labute approximate surface area is 152 Å². The second kappa shape index (κ2) is 6.34. The number of hydrogen-bond acceptors (Lipinski definition) is 6. The van der Waals surface area contributed by atoms with E-state index in [4.69, 9.17) is 9.72 Å². The fourth-order valence-electron chi connectivity index (χ4n) is 3.78. The van der Waals surface area contributed by atoms with Gasteiger partial charge in [-0.1, -0.05) is 6.07 Å². The zero-order valence-corrected chi connectivity index (χ0v) is 14.9. The van der Waals surface area contributed by atoms with Crippen molar-refractivity contribution in [3.63, 3.8) is 0 Å². The van der Waals surface area contributed by atoms with Crippen molar-refractivity contribution in [1.82, 2.24) is 24.6 Å². The first-order valence-electron chi connectivity index (χ1n) is 9.12. The summed E-state index contributed by atoms with van der Waals surface area (Å²) in [6, 6.07) is 6.79. The summed E-state index contributed by atoms with van der Waals surface area (Å²) in [7, 11) is 2.16. The molecule has 2 aliphatic heterocycles. The third-order valence-electron chi connectivity index (χ3n) is 5.25. The molecule has 134 valence electrons. The van der Waals surface area contributed by atoms with Crippen molar-refractivity contribution in [3.8, 4) is 0 Å². The molecule has 5 rings (SSSR count). The predicted octanol–water partition coefficient (Wildman–Crippen LogP) is 2.52. The van der Waals surface area contributed by atoms with E-state index >= 15 is 0 Å². The van der Waals surface area contributed by atoms with E-state index < -0.39 is 0 Å². The Balaban J connectivity index is 1.44. The lowest BCUT2D eigenvalue weighted by molar-refractivity contribution is 0.185. The number of anilines is 2. The summed E-state index contributed by atoms with van der Waals surface area (Å²) < 4.78 is 7.46. The number of likely N-dealkylation sites (N-methyl/N-ethyl adjacent to an activating group) is 1. The molecule has 3 aromatic rings. The summed E-state index contributed by atoms with van der Waals surface area (Å²) in [5.41, 5.74) is 4.69. The van der Waals surface area contributed by atoms with Crippen LogP contribution in [0.1, 0.15) is 23.6 Å². The Hall–Kier alpha value is -2.51. The highest BCUT2D eigenvalue weighted by molar-refractivity contribution is 5.75. The van der Waals surface area contributed by atoms with E-state index in [-0.39, 0.29) is 6.04 Å². The quantitative estimate of drug-likeness (QED) is 0.783. The van der Waals surface area contributed by atoms with Gasteiger partial charge in [-0.05, 0) is 43.1 Å². The van der Waals surface area contributed by atoms with E-state index in [9.17, 15) is 0 Å². The summed E-state index contributed by atoms with van der Waals surface area (Å²) in [5.74, 6) is 0.599. The number of nitrogens with zero attached hydrogens (tertiary/aromatic N) is 5. The predicted molar refractivity (Wildman–Crippen MR) is 99.6 cm³/mol. The molecule has 1 saturated heterocycles. The number of hydrogen-bond donors (Lipinski definition) is 1. The van der Waals surface area contributed by atoms with E-state index in [2.05, 4.69) is 45.5 Å². The Bertz CT molecular complexity index is 946. The number of benzene rings is 1. The van der Waals surface area contributed by atoms with Gasteiger partial charge in [-0.15, -0.1) is 0 Å². The van der Waals surface area contributed by atoms with Crippen molar-refractivity contribution in [3.05, 3.63) is 41.7 Å². The van der Waals surface area contributed by atoms with Crippen LogP contribution in [-0.4, -0.2) is 51.5 Å². The van der Waals surface area contributed by atoms with Crippen molar-refractivity contribution in [2.24, 2.45) is 0 Å². The van der Waals surface area contributed by atoms with Gasteiger partial charge in [0.1, 0.15) is 0 Å². The zero-order valence-electron chi connectivity index (χ0n) is 14.9. The molecule has 1 aromatic carbocycles. The number of rotatable bonds is 3. The third kappa shape index (κ3) is 2.83. The molecule has 1 N–H and O–H groups in total. The number of fused-ring (bicyclic) bond motifs is 2. The lowest BCUT2D eigenvalue weighted by Crippen LogP contribution is -2.26. The zero-order chi connectivity index (χ0) is 17.5. The van der Waals surface area contributed by atoms with Gasteiger partial charge in [0.15, 0.2) is 5.65 Å². The highest BCUT2D eigenvalue weighted by Gasteiger charge is 2.21. The van der Waals surface area contributed by atoms with E-state index in [0.717, 1.165) is 49.3 Å². The second-order valence-corrected chi connectivity index (χ2v) is 7.18. The molecule has 7 nitrogen and oxygen atoms in total. The smallest absolute Gasteiger partial charge is 0.229 e. The van der Waals surface area contributed by atoms with Crippen molar-refractivity contribution >= 4 is 22.7 Å². The van der Waals surface area contributed by atoms with Gasteiger partial charge in [-0.3, -0.25) is 0 Å². The van der Waals surface area contributed by atoms with Gasteiger partial charge in [0.2, 0.25) is 5.95 Å². The average Bonchev–Trinajstić information content (AvgIpc) is 3.30. The minimum atomic E-state index is 0.259. The minimum absolute atomic E-state index is 0.259. The SMILES string of the molecule is CN1CCc2ccc(Nc3ncc4cnn([C@@H]5CCOC5)c4n3)cc2C1. The van der Waals surface area contributed by atoms with Crippen LogP contribution in [0.3, 0.4) is 0 Å². The average molecular weight is 350 g/mol. The summed E-state index contributed by atoms with van der Waals surface area (Å²) in [6.45, 7) is 3.58. The summed E-state index contributed by atoms with van der Waals surface area (Å²) in [4.78, 5) is 11.5. The van der Waals surface area contributed by atoms with Crippen LogP contribution in [0.5, 0.6) is 0 Å². The first-order chi connectivity index (χ1) is 12.8. The molecule has 0 saturated carbocycles. The fraction of sp³-hybridized carbons (Fsp3) is 0.421. The standard InChI is InChI=1S/C19H22N6O/c1-24-6-4-13-2-3-16(8-14(13)11-24)22-19-20-9-15-10-21-25(18(15)23-19)17-5-7-26-12-17/h2-3,8-10,17H,4-7,11-12H2,1H3,(H,20,22,23)/t17-/m1/s1. The molecular formula is C19H22N6O. The molecule has 4 heterocycles. The Morgan fingerprint density at radius 3 is 3.08 bits per heavy atom. The van der Waals surface area contributed by atoms with Crippen molar-refractivity contribution < 1.29 is 4.74 Å². The molecule has 0 aliphatic carbocycles. The maximum absolute atomic E-state index is 5.49. The maximum atomic E-state index is 5.49. The van der Waals surface area contributed by atoms with Gasteiger partial charge >= 0.3 is 0 Å². The molecule has 0 spiro atoms.